The lowest BCUT2D eigenvalue weighted by Gasteiger charge is -2.14. The first-order valence-corrected chi connectivity index (χ1v) is 8.00. The van der Waals surface area contributed by atoms with Crippen LogP contribution in [0.3, 0.4) is 0 Å². The van der Waals surface area contributed by atoms with Gasteiger partial charge in [0.2, 0.25) is 5.91 Å². The van der Waals surface area contributed by atoms with Crippen LogP contribution in [0.15, 0.2) is 36.4 Å². The Balaban J connectivity index is 2.06. The molecule has 0 saturated carbocycles. The van der Waals surface area contributed by atoms with Gasteiger partial charge in [-0.15, -0.1) is 0 Å². The number of amides is 1. The fourth-order valence-corrected chi connectivity index (χ4v) is 2.55. The molecule has 5 nitrogen and oxygen atoms in total. The number of hydrogen-bond donors (Lipinski definition) is 2. The third-order valence-corrected chi connectivity index (χ3v) is 3.88. The molecule has 2 aromatic carbocycles. The Labute approximate surface area is 146 Å². The SMILES string of the molecule is CCc1ccccc1NC(=O)CNc1cc(OC)c(Cl)cc1OC. The molecule has 0 unspecified atom stereocenters. The van der Waals surface area contributed by atoms with Gasteiger partial charge in [0.05, 0.1) is 31.5 Å². The zero-order chi connectivity index (χ0) is 17.5. The molecule has 0 spiro atoms. The molecular formula is C18H21ClN2O3. The lowest BCUT2D eigenvalue weighted by atomic mass is 10.1. The maximum absolute atomic E-state index is 12.2. The third-order valence-electron chi connectivity index (χ3n) is 3.59. The van der Waals surface area contributed by atoms with Gasteiger partial charge in [0.25, 0.3) is 0 Å². The summed E-state index contributed by atoms with van der Waals surface area (Å²) in [5.41, 5.74) is 2.56. The second kappa shape index (κ2) is 8.45. The van der Waals surface area contributed by atoms with Gasteiger partial charge >= 0.3 is 0 Å². The Bertz CT molecular complexity index is 719. The number of carbonyl (C=O) groups excluding carboxylic acids is 1. The summed E-state index contributed by atoms with van der Waals surface area (Å²) >= 11 is 6.07. The van der Waals surface area contributed by atoms with Crippen LogP contribution in [0.5, 0.6) is 11.5 Å². The highest BCUT2D eigenvalue weighted by atomic mass is 35.5. The number of nitrogens with one attached hydrogen (secondary N) is 2. The number of benzene rings is 2. The molecule has 0 aromatic heterocycles. The van der Waals surface area contributed by atoms with E-state index in [1.807, 2.05) is 31.2 Å². The quantitative estimate of drug-likeness (QED) is 0.794. The van der Waals surface area contributed by atoms with E-state index in [-0.39, 0.29) is 12.5 Å². The minimum absolute atomic E-state index is 0.0964. The van der Waals surface area contributed by atoms with Crippen molar-refractivity contribution in [1.29, 1.82) is 0 Å². The van der Waals surface area contributed by atoms with Crippen molar-refractivity contribution in [2.45, 2.75) is 13.3 Å². The third kappa shape index (κ3) is 4.32. The van der Waals surface area contributed by atoms with Crippen LogP contribution >= 0.6 is 11.6 Å². The van der Waals surface area contributed by atoms with Crippen molar-refractivity contribution >= 4 is 28.9 Å². The molecule has 1 amide bonds. The first-order chi connectivity index (χ1) is 11.6. The van der Waals surface area contributed by atoms with E-state index in [9.17, 15) is 4.79 Å². The molecule has 0 saturated heterocycles. The van der Waals surface area contributed by atoms with Crippen LogP contribution in [0.25, 0.3) is 0 Å². The van der Waals surface area contributed by atoms with Crippen molar-refractivity contribution in [3.8, 4) is 11.5 Å². The van der Waals surface area contributed by atoms with E-state index in [1.165, 1.54) is 7.11 Å². The van der Waals surface area contributed by atoms with E-state index >= 15 is 0 Å². The maximum Gasteiger partial charge on any atom is 0.243 e. The molecule has 0 heterocycles. The van der Waals surface area contributed by atoms with Crippen molar-refractivity contribution in [2.75, 3.05) is 31.4 Å². The standard InChI is InChI=1S/C18H21ClN2O3/c1-4-12-7-5-6-8-14(12)21-18(22)11-20-15-10-16(23-2)13(19)9-17(15)24-3/h5-10,20H,4,11H2,1-3H3,(H,21,22). The van der Waals surface area contributed by atoms with Crippen LogP contribution in [-0.2, 0) is 11.2 Å². The lowest BCUT2D eigenvalue weighted by molar-refractivity contribution is -0.114. The first-order valence-electron chi connectivity index (χ1n) is 7.62. The van der Waals surface area contributed by atoms with E-state index in [0.29, 0.717) is 22.2 Å². The van der Waals surface area contributed by atoms with Crippen LogP contribution in [0, 0.1) is 0 Å². The second-order valence-corrected chi connectivity index (χ2v) is 5.51. The highest BCUT2D eigenvalue weighted by Gasteiger charge is 2.11. The van der Waals surface area contributed by atoms with Gasteiger partial charge in [-0.3, -0.25) is 4.79 Å². The Morgan fingerprint density at radius 3 is 2.46 bits per heavy atom. The zero-order valence-electron chi connectivity index (χ0n) is 14.0. The molecule has 0 aliphatic heterocycles. The Morgan fingerprint density at radius 1 is 1.08 bits per heavy atom. The molecule has 2 aromatic rings. The summed E-state index contributed by atoms with van der Waals surface area (Å²) in [6.45, 7) is 2.15. The van der Waals surface area contributed by atoms with E-state index < -0.39 is 0 Å². The van der Waals surface area contributed by atoms with Gasteiger partial charge in [0.15, 0.2) is 0 Å². The molecule has 0 bridgehead atoms. The number of hydrogen-bond acceptors (Lipinski definition) is 4. The van der Waals surface area contributed by atoms with Gasteiger partial charge < -0.3 is 20.1 Å². The summed E-state index contributed by atoms with van der Waals surface area (Å²) in [5.74, 6) is 0.908. The van der Waals surface area contributed by atoms with Crippen LogP contribution in [0.2, 0.25) is 5.02 Å². The average molecular weight is 349 g/mol. The van der Waals surface area contributed by atoms with E-state index in [4.69, 9.17) is 21.1 Å². The van der Waals surface area contributed by atoms with Gasteiger partial charge in [0.1, 0.15) is 11.5 Å². The van der Waals surface area contributed by atoms with Crippen LogP contribution in [-0.4, -0.2) is 26.7 Å². The number of ether oxygens (including phenoxy) is 2. The molecule has 2 rings (SSSR count). The summed E-state index contributed by atoms with van der Waals surface area (Å²) in [5, 5.41) is 6.40. The largest absolute Gasteiger partial charge is 0.495 e. The number of para-hydroxylation sites is 1. The van der Waals surface area contributed by atoms with Crippen molar-refractivity contribution < 1.29 is 14.3 Å². The van der Waals surface area contributed by atoms with Crippen molar-refractivity contribution in [3.05, 3.63) is 47.0 Å². The molecule has 0 aliphatic rings. The molecule has 0 aliphatic carbocycles. The Morgan fingerprint density at radius 2 is 1.79 bits per heavy atom. The van der Waals surface area contributed by atoms with Crippen LogP contribution in [0.1, 0.15) is 12.5 Å². The lowest BCUT2D eigenvalue weighted by Crippen LogP contribution is -2.22. The van der Waals surface area contributed by atoms with Crippen molar-refractivity contribution in [2.24, 2.45) is 0 Å². The fraction of sp³-hybridized carbons (Fsp3) is 0.278. The zero-order valence-corrected chi connectivity index (χ0v) is 14.7. The number of aryl methyl sites for hydroxylation is 1. The number of methoxy groups -OCH3 is 2. The average Bonchev–Trinajstić information content (AvgIpc) is 2.60. The number of rotatable bonds is 7. The molecule has 0 atom stereocenters. The molecule has 2 N–H and O–H groups in total. The molecule has 6 heteroatoms. The first kappa shape index (κ1) is 17.9. The Kier molecular flexibility index (Phi) is 6.32. The summed E-state index contributed by atoms with van der Waals surface area (Å²) < 4.78 is 10.5. The maximum atomic E-state index is 12.2. The summed E-state index contributed by atoms with van der Waals surface area (Å²) in [6, 6.07) is 11.1. The van der Waals surface area contributed by atoms with Crippen LogP contribution in [0.4, 0.5) is 11.4 Å². The highest BCUT2D eigenvalue weighted by molar-refractivity contribution is 6.32. The molecule has 128 valence electrons. The van der Waals surface area contributed by atoms with Crippen LogP contribution < -0.4 is 20.1 Å². The molecular weight excluding hydrogens is 328 g/mol. The number of halogens is 1. The predicted molar refractivity (Wildman–Crippen MR) is 97.5 cm³/mol. The molecule has 24 heavy (non-hydrogen) atoms. The van der Waals surface area contributed by atoms with Gasteiger partial charge in [-0.05, 0) is 18.1 Å². The highest BCUT2D eigenvalue weighted by Crippen LogP contribution is 2.35. The van der Waals surface area contributed by atoms with Gasteiger partial charge in [-0.25, -0.2) is 0 Å². The molecule has 0 fully saturated rings. The summed E-state index contributed by atoms with van der Waals surface area (Å²) in [6.07, 6.45) is 0.853. The second-order valence-electron chi connectivity index (χ2n) is 5.10. The normalized spacial score (nSPS) is 10.2. The predicted octanol–water partition coefficient (Wildman–Crippen LogP) is 3.97. The van der Waals surface area contributed by atoms with E-state index in [1.54, 1.807) is 19.2 Å². The number of anilines is 2. The van der Waals surface area contributed by atoms with Crippen molar-refractivity contribution in [1.82, 2.24) is 0 Å². The van der Waals surface area contributed by atoms with Crippen molar-refractivity contribution in [3.63, 3.8) is 0 Å². The van der Waals surface area contributed by atoms with Gasteiger partial charge in [-0.1, -0.05) is 36.7 Å². The minimum atomic E-state index is -0.146. The topological polar surface area (TPSA) is 59.6 Å². The molecule has 0 radical (unpaired) electrons. The Hall–Kier alpha value is -2.40. The summed E-state index contributed by atoms with van der Waals surface area (Å²) in [7, 11) is 3.08. The summed E-state index contributed by atoms with van der Waals surface area (Å²) in [4.78, 5) is 12.2. The fourth-order valence-electron chi connectivity index (χ4n) is 2.32. The minimum Gasteiger partial charge on any atom is -0.495 e. The smallest absolute Gasteiger partial charge is 0.243 e. The van der Waals surface area contributed by atoms with E-state index in [0.717, 1.165) is 17.7 Å². The van der Waals surface area contributed by atoms with Gasteiger partial charge in [0, 0.05) is 17.8 Å². The van der Waals surface area contributed by atoms with Gasteiger partial charge in [-0.2, -0.15) is 0 Å². The monoisotopic (exact) mass is 348 g/mol. The number of carbonyl (C=O) groups is 1. The van der Waals surface area contributed by atoms with E-state index in [2.05, 4.69) is 10.6 Å².